The van der Waals surface area contributed by atoms with Crippen LogP contribution in [0.3, 0.4) is 0 Å². The van der Waals surface area contributed by atoms with E-state index in [4.69, 9.17) is 11.6 Å². The summed E-state index contributed by atoms with van der Waals surface area (Å²) in [6.45, 7) is 4.89. The van der Waals surface area contributed by atoms with Crippen molar-refractivity contribution in [2.45, 2.75) is 19.5 Å². The molecule has 0 radical (unpaired) electrons. The third-order valence-electron chi connectivity index (χ3n) is 4.72. The summed E-state index contributed by atoms with van der Waals surface area (Å²) in [5.74, 6) is -0.545. The molecule has 2 aliphatic heterocycles. The number of carbonyl (C=O) groups is 2. The maximum Gasteiger partial charge on any atom is 0.277 e. The first-order valence-corrected chi connectivity index (χ1v) is 8.95. The number of benzene rings is 1. The predicted octanol–water partition coefficient (Wildman–Crippen LogP) is 1.03. The van der Waals surface area contributed by atoms with Gasteiger partial charge in [-0.05, 0) is 25.1 Å². The van der Waals surface area contributed by atoms with Gasteiger partial charge in [-0.1, -0.05) is 22.9 Å². The Kier molecular flexibility index (Phi) is 4.28. The lowest BCUT2D eigenvalue weighted by Gasteiger charge is -2.36. The predicted molar refractivity (Wildman–Crippen MR) is 96.5 cm³/mol. The van der Waals surface area contributed by atoms with Crippen molar-refractivity contribution in [3.8, 4) is 0 Å². The molecule has 1 saturated heterocycles. The Hall–Kier alpha value is -2.61. The van der Waals surface area contributed by atoms with Gasteiger partial charge in [-0.2, -0.15) is 0 Å². The van der Waals surface area contributed by atoms with Gasteiger partial charge >= 0.3 is 0 Å². The average molecular weight is 375 g/mol. The van der Waals surface area contributed by atoms with Crippen molar-refractivity contribution in [3.63, 3.8) is 0 Å². The molecule has 1 N–H and O–H groups in total. The number of nitrogens with one attached hydrogen (secondary N) is 1. The maximum absolute atomic E-state index is 12.8. The molecule has 4 rings (SSSR count). The van der Waals surface area contributed by atoms with E-state index in [9.17, 15) is 9.59 Å². The van der Waals surface area contributed by atoms with E-state index in [1.54, 1.807) is 4.90 Å². The Bertz CT molecular complexity index is 859. The van der Waals surface area contributed by atoms with Gasteiger partial charge in [-0.3, -0.25) is 9.59 Å². The minimum Gasteiger partial charge on any atom is -0.368 e. The highest BCUT2D eigenvalue weighted by Crippen LogP contribution is 2.22. The summed E-state index contributed by atoms with van der Waals surface area (Å²) in [6, 6.07) is 7.65. The smallest absolute Gasteiger partial charge is 0.277 e. The third-order valence-corrected chi connectivity index (χ3v) is 4.95. The van der Waals surface area contributed by atoms with Crippen molar-refractivity contribution < 1.29 is 9.59 Å². The Morgan fingerprint density at radius 3 is 2.77 bits per heavy atom. The van der Waals surface area contributed by atoms with Gasteiger partial charge in [0.2, 0.25) is 0 Å². The Labute approximate surface area is 155 Å². The van der Waals surface area contributed by atoms with Gasteiger partial charge in [-0.15, -0.1) is 5.10 Å². The molecule has 0 aliphatic carbocycles. The second kappa shape index (κ2) is 6.60. The highest BCUT2D eigenvalue weighted by Gasteiger charge is 2.33. The molecule has 26 heavy (non-hydrogen) atoms. The normalized spacial score (nSPS) is 19.9. The van der Waals surface area contributed by atoms with Crippen molar-refractivity contribution in [1.82, 2.24) is 25.2 Å². The Morgan fingerprint density at radius 2 is 2.04 bits per heavy atom. The van der Waals surface area contributed by atoms with E-state index < -0.39 is 0 Å². The van der Waals surface area contributed by atoms with Gasteiger partial charge in [0.15, 0.2) is 11.4 Å². The fraction of sp³-hybridized carbons (Fsp3) is 0.412. The zero-order chi connectivity index (χ0) is 18.3. The van der Waals surface area contributed by atoms with Crippen LogP contribution in [0.4, 0.5) is 5.69 Å². The fourth-order valence-electron chi connectivity index (χ4n) is 3.40. The van der Waals surface area contributed by atoms with Crippen LogP contribution < -0.4 is 10.2 Å². The van der Waals surface area contributed by atoms with Crippen molar-refractivity contribution in [3.05, 3.63) is 40.7 Å². The fourth-order valence-corrected chi connectivity index (χ4v) is 3.58. The number of piperazine rings is 1. The van der Waals surface area contributed by atoms with Gasteiger partial charge in [-0.25, -0.2) is 4.68 Å². The van der Waals surface area contributed by atoms with Gasteiger partial charge < -0.3 is 15.1 Å². The first kappa shape index (κ1) is 16.8. The number of hydrogen-bond acceptors (Lipinski definition) is 5. The van der Waals surface area contributed by atoms with Crippen molar-refractivity contribution in [1.29, 1.82) is 0 Å². The molecule has 1 unspecified atom stereocenters. The quantitative estimate of drug-likeness (QED) is 0.848. The van der Waals surface area contributed by atoms with Crippen LogP contribution in [0.25, 0.3) is 0 Å². The lowest BCUT2D eigenvalue weighted by molar-refractivity contribution is 0.0731. The first-order chi connectivity index (χ1) is 12.5. The molecule has 0 saturated carbocycles. The van der Waals surface area contributed by atoms with E-state index in [0.717, 1.165) is 5.69 Å². The minimum atomic E-state index is -0.297. The number of rotatable bonds is 2. The highest BCUT2D eigenvalue weighted by molar-refractivity contribution is 6.30. The number of anilines is 1. The van der Waals surface area contributed by atoms with Crippen LogP contribution >= 0.6 is 11.6 Å². The summed E-state index contributed by atoms with van der Waals surface area (Å²) in [7, 11) is 0. The number of nitrogens with zero attached hydrogens (tertiary/aromatic N) is 5. The number of fused-ring (bicyclic) bond motifs is 1. The number of amides is 2. The molecule has 1 atom stereocenters. The molecular formula is C17H19ClN6O2. The SMILES string of the molecule is CC1Cn2nnc(C(=O)N3CCN(c4cccc(Cl)c4)CC3)c2C(=O)N1. The summed E-state index contributed by atoms with van der Waals surface area (Å²) in [5, 5.41) is 11.5. The lowest BCUT2D eigenvalue weighted by Crippen LogP contribution is -2.49. The molecule has 1 fully saturated rings. The number of hydrogen-bond donors (Lipinski definition) is 1. The van der Waals surface area contributed by atoms with Crippen LogP contribution in [0.2, 0.25) is 5.02 Å². The standard InChI is InChI=1S/C17H19ClN6O2/c1-11-10-24-15(16(25)19-11)14(20-21-24)17(26)23-7-5-22(6-8-23)13-4-2-3-12(18)9-13/h2-4,9,11H,5-8,10H2,1H3,(H,19,25). The molecule has 2 aliphatic rings. The molecule has 9 heteroatoms. The van der Waals surface area contributed by atoms with E-state index in [0.29, 0.717) is 37.7 Å². The molecule has 0 spiro atoms. The zero-order valence-electron chi connectivity index (χ0n) is 14.4. The molecule has 2 amide bonds. The topological polar surface area (TPSA) is 83.4 Å². The molecule has 0 bridgehead atoms. The number of halogens is 1. The van der Waals surface area contributed by atoms with E-state index in [-0.39, 0.29) is 29.2 Å². The van der Waals surface area contributed by atoms with Gasteiger partial charge in [0.25, 0.3) is 11.8 Å². The molecule has 2 aromatic rings. The molecule has 1 aromatic heterocycles. The van der Waals surface area contributed by atoms with Crippen molar-refractivity contribution in [2.75, 3.05) is 31.1 Å². The van der Waals surface area contributed by atoms with E-state index in [2.05, 4.69) is 20.5 Å². The minimum absolute atomic E-state index is 0.0270. The first-order valence-electron chi connectivity index (χ1n) is 8.57. The molecule has 3 heterocycles. The average Bonchev–Trinajstić information content (AvgIpc) is 3.05. The van der Waals surface area contributed by atoms with Gasteiger partial charge in [0.05, 0.1) is 6.54 Å². The lowest BCUT2D eigenvalue weighted by atomic mass is 10.1. The number of aromatic nitrogens is 3. The summed E-state index contributed by atoms with van der Waals surface area (Å²) in [4.78, 5) is 29.0. The molecular weight excluding hydrogens is 356 g/mol. The van der Waals surface area contributed by atoms with Gasteiger partial charge in [0, 0.05) is 42.9 Å². The second-order valence-electron chi connectivity index (χ2n) is 6.60. The summed E-state index contributed by atoms with van der Waals surface area (Å²) in [6.07, 6.45) is 0. The molecule has 8 nitrogen and oxygen atoms in total. The number of carbonyl (C=O) groups excluding carboxylic acids is 2. The monoisotopic (exact) mass is 374 g/mol. The third kappa shape index (κ3) is 3.01. The van der Waals surface area contributed by atoms with E-state index in [1.807, 2.05) is 31.2 Å². The van der Waals surface area contributed by atoms with E-state index >= 15 is 0 Å². The summed E-state index contributed by atoms with van der Waals surface area (Å²) < 4.78 is 1.51. The van der Waals surface area contributed by atoms with Crippen LogP contribution in [-0.4, -0.2) is 63.9 Å². The van der Waals surface area contributed by atoms with E-state index in [1.165, 1.54) is 4.68 Å². The van der Waals surface area contributed by atoms with Crippen LogP contribution in [-0.2, 0) is 6.54 Å². The van der Waals surface area contributed by atoms with Crippen molar-refractivity contribution in [2.24, 2.45) is 0 Å². The van der Waals surface area contributed by atoms with Crippen LogP contribution in [0, 0.1) is 0 Å². The summed E-state index contributed by atoms with van der Waals surface area (Å²) in [5.41, 5.74) is 1.43. The van der Waals surface area contributed by atoms with Crippen LogP contribution in [0.5, 0.6) is 0 Å². The maximum atomic E-state index is 12.8. The van der Waals surface area contributed by atoms with Crippen LogP contribution in [0.15, 0.2) is 24.3 Å². The Morgan fingerprint density at radius 1 is 1.27 bits per heavy atom. The van der Waals surface area contributed by atoms with Crippen molar-refractivity contribution >= 4 is 29.1 Å². The molecule has 136 valence electrons. The summed E-state index contributed by atoms with van der Waals surface area (Å²) >= 11 is 6.06. The highest BCUT2D eigenvalue weighted by atomic mass is 35.5. The largest absolute Gasteiger partial charge is 0.368 e. The van der Waals surface area contributed by atoms with Crippen LogP contribution in [0.1, 0.15) is 27.9 Å². The Balaban J connectivity index is 1.47. The van der Waals surface area contributed by atoms with Gasteiger partial charge in [0.1, 0.15) is 0 Å². The molecule has 1 aromatic carbocycles. The second-order valence-corrected chi connectivity index (χ2v) is 7.04. The zero-order valence-corrected chi connectivity index (χ0v) is 15.1.